The first-order chi connectivity index (χ1) is 19.5. The van der Waals surface area contributed by atoms with E-state index < -0.39 is 0 Å². The van der Waals surface area contributed by atoms with E-state index >= 15 is 0 Å². The van der Waals surface area contributed by atoms with Crippen LogP contribution in [0.4, 0.5) is 5.69 Å². The molecular formula is C33H37N5O2. The van der Waals surface area contributed by atoms with Crippen LogP contribution in [0.5, 0.6) is 0 Å². The van der Waals surface area contributed by atoms with Gasteiger partial charge in [0.15, 0.2) is 0 Å². The molecule has 0 radical (unpaired) electrons. The number of rotatable bonds is 9. The summed E-state index contributed by atoms with van der Waals surface area (Å²) in [5, 5.41) is 5.94. The van der Waals surface area contributed by atoms with Crippen LogP contribution in [0.25, 0.3) is 5.69 Å². The van der Waals surface area contributed by atoms with E-state index in [0.29, 0.717) is 23.4 Å². The molecule has 0 saturated carbocycles. The summed E-state index contributed by atoms with van der Waals surface area (Å²) in [6.07, 6.45) is 0. The number of aryl methyl sites for hydroxylation is 2. The Labute approximate surface area is 236 Å². The second kappa shape index (κ2) is 12.8. The average molecular weight is 536 g/mol. The molecule has 2 amide bonds. The molecule has 1 aliphatic heterocycles. The first-order valence-electron chi connectivity index (χ1n) is 13.9. The molecule has 0 spiro atoms. The predicted octanol–water partition coefficient (Wildman–Crippen LogP) is 4.89. The lowest BCUT2D eigenvalue weighted by molar-refractivity contribution is 0.0933. The van der Waals surface area contributed by atoms with Crippen LogP contribution >= 0.6 is 0 Å². The molecule has 0 atom stereocenters. The van der Waals surface area contributed by atoms with E-state index in [2.05, 4.69) is 81.3 Å². The summed E-state index contributed by atoms with van der Waals surface area (Å²) in [5.74, 6) is -0.291. The van der Waals surface area contributed by atoms with E-state index in [-0.39, 0.29) is 11.8 Å². The van der Waals surface area contributed by atoms with Gasteiger partial charge in [0.25, 0.3) is 11.8 Å². The van der Waals surface area contributed by atoms with E-state index in [1.54, 1.807) is 24.3 Å². The summed E-state index contributed by atoms with van der Waals surface area (Å²) in [7, 11) is 0. The van der Waals surface area contributed by atoms with Crippen molar-refractivity contribution in [3.05, 3.63) is 119 Å². The van der Waals surface area contributed by atoms with Gasteiger partial charge in [-0.3, -0.25) is 19.4 Å². The molecule has 5 rings (SSSR count). The molecule has 4 aromatic rings. The van der Waals surface area contributed by atoms with Crippen LogP contribution in [-0.2, 0) is 6.54 Å². The van der Waals surface area contributed by atoms with Crippen LogP contribution in [0.15, 0.2) is 91.0 Å². The van der Waals surface area contributed by atoms with Gasteiger partial charge in [0, 0.05) is 79.7 Å². The van der Waals surface area contributed by atoms with Gasteiger partial charge in [-0.15, -0.1) is 0 Å². The van der Waals surface area contributed by atoms with Crippen LogP contribution in [0.3, 0.4) is 0 Å². The molecular weight excluding hydrogens is 498 g/mol. The zero-order valence-electron chi connectivity index (χ0n) is 23.3. The van der Waals surface area contributed by atoms with Gasteiger partial charge in [0.1, 0.15) is 0 Å². The molecule has 1 aliphatic rings. The van der Waals surface area contributed by atoms with Crippen molar-refractivity contribution < 1.29 is 9.59 Å². The van der Waals surface area contributed by atoms with Gasteiger partial charge >= 0.3 is 0 Å². The fraction of sp³-hybridized carbons (Fsp3) is 0.273. The van der Waals surface area contributed by atoms with Gasteiger partial charge in [-0.2, -0.15) is 0 Å². The highest BCUT2D eigenvalue weighted by molar-refractivity contribution is 6.04. The molecule has 1 saturated heterocycles. The lowest BCUT2D eigenvalue weighted by Crippen LogP contribution is -2.48. The number of aromatic nitrogens is 1. The Bertz CT molecular complexity index is 1400. The standard InChI is InChI=1S/C33H37N5O2/c1-25-8-9-26(2)38(25)31-16-12-29(13-17-31)33(40)35-30-14-10-28(11-15-30)32(39)34-18-19-36-20-22-37(23-21-36)24-27-6-4-3-5-7-27/h3-17H,18-24H2,1-2H3,(H,34,39)(H,35,40). The minimum Gasteiger partial charge on any atom is -0.351 e. The largest absolute Gasteiger partial charge is 0.351 e. The fourth-order valence-electron chi connectivity index (χ4n) is 5.19. The maximum Gasteiger partial charge on any atom is 0.255 e. The van der Waals surface area contributed by atoms with Crippen molar-refractivity contribution in [1.29, 1.82) is 0 Å². The van der Waals surface area contributed by atoms with E-state index in [1.165, 1.54) is 5.56 Å². The lowest BCUT2D eigenvalue weighted by atomic mass is 10.1. The number of carbonyl (C=O) groups is 2. The average Bonchev–Trinajstić information content (AvgIpc) is 3.32. The van der Waals surface area contributed by atoms with Crippen molar-refractivity contribution in [2.75, 3.05) is 44.6 Å². The second-order valence-corrected chi connectivity index (χ2v) is 10.4. The molecule has 2 N–H and O–H groups in total. The molecule has 7 nitrogen and oxygen atoms in total. The maximum absolute atomic E-state index is 12.8. The van der Waals surface area contributed by atoms with Gasteiger partial charge in [-0.05, 0) is 80.1 Å². The summed E-state index contributed by atoms with van der Waals surface area (Å²) < 4.78 is 2.15. The van der Waals surface area contributed by atoms with Crippen LogP contribution in [-0.4, -0.2) is 65.4 Å². The zero-order valence-corrected chi connectivity index (χ0v) is 23.3. The first kappa shape index (κ1) is 27.4. The third-order valence-electron chi connectivity index (χ3n) is 7.49. The van der Waals surface area contributed by atoms with E-state index in [4.69, 9.17) is 0 Å². The van der Waals surface area contributed by atoms with Crippen molar-refractivity contribution in [1.82, 2.24) is 19.7 Å². The lowest BCUT2D eigenvalue weighted by Gasteiger charge is -2.34. The van der Waals surface area contributed by atoms with Crippen LogP contribution in [0.1, 0.15) is 37.7 Å². The Morgan fingerprint density at radius 2 is 1.25 bits per heavy atom. The van der Waals surface area contributed by atoms with Gasteiger partial charge < -0.3 is 15.2 Å². The molecule has 40 heavy (non-hydrogen) atoms. The normalized spacial score (nSPS) is 14.2. The quantitative estimate of drug-likeness (QED) is 0.320. The Kier molecular flexibility index (Phi) is 8.74. The summed E-state index contributed by atoms with van der Waals surface area (Å²) in [4.78, 5) is 30.3. The summed E-state index contributed by atoms with van der Waals surface area (Å²) in [6.45, 7) is 10.6. The van der Waals surface area contributed by atoms with Crippen molar-refractivity contribution >= 4 is 17.5 Å². The van der Waals surface area contributed by atoms with Gasteiger partial charge in [0.2, 0.25) is 0 Å². The van der Waals surface area contributed by atoms with Crippen molar-refractivity contribution in [2.24, 2.45) is 0 Å². The number of nitrogens with one attached hydrogen (secondary N) is 2. The number of piperazine rings is 1. The number of nitrogens with zero attached hydrogens (tertiary/aromatic N) is 3. The number of anilines is 1. The molecule has 0 unspecified atom stereocenters. The monoisotopic (exact) mass is 535 g/mol. The Morgan fingerprint density at radius 1 is 0.675 bits per heavy atom. The molecule has 1 fully saturated rings. The summed E-state index contributed by atoms with van der Waals surface area (Å²) in [5.41, 5.74) is 6.48. The van der Waals surface area contributed by atoms with Gasteiger partial charge in [-0.25, -0.2) is 0 Å². The van der Waals surface area contributed by atoms with Gasteiger partial charge in [-0.1, -0.05) is 30.3 Å². The summed E-state index contributed by atoms with van der Waals surface area (Å²) in [6, 6.07) is 29.3. The number of carbonyl (C=O) groups excluding carboxylic acids is 2. The number of hydrogen-bond donors (Lipinski definition) is 2. The van der Waals surface area contributed by atoms with Crippen molar-refractivity contribution in [3.8, 4) is 5.69 Å². The summed E-state index contributed by atoms with van der Waals surface area (Å²) >= 11 is 0. The van der Waals surface area contributed by atoms with Crippen molar-refractivity contribution in [3.63, 3.8) is 0 Å². The third kappa shape index (κ3) is 6.86. The molecule has 206 valence electrons. The number of hydrogen-bond acceptors (Lipinski definition) is 4. The van der Waals surface area contributed by atoms with E-state index in [9.17, 15) is 9.59 Å². The maximum atomic E-state index is 12.8. The van der Waals surface area contributed by atoms with Crippen LogP contribution < -0.4 is 10.6 Å². The predicted molar refractivity (Wildman–Crippen MR) is 160 cm³/mol. The molecule has 2 heterocycles. The number of amides is 2. The highest BCUT2D eigenvalue weighted by Crippen LogP contribution is 2.18. The Hall–Kier alpha value is -4.20. The van der Waals surface area contributed by atoms with Crippen LogP contribution in [0.2, 0.25) is 0 Å². The third-order valence-corrected chi connectivity index (χ3v) is 7.49. The van der Waals surface area contributed by atoms with E-state index in [0.717, 1.165) is 56.3 Å². The van der Waals surface area contributed by atoms with Crippen molar-refractivity contribution in [2.45, 2.75) is 20.4 Å². The Balaban J connectivity index is 1.05. The first-order valence-corrected chi connectivity index (χ1v) is 13.9. The Morgan fingerprint density at radius 3 is 1.90 bits per heavy atom. The highest BCUT2D eigenvalue weighted by atomic mass is 16.2. The molecule has 3 aromatic carbocycles. The minimum atomic E-state index is -0.187. The second-order valence-electron chi connectivity index (χ2n) is 10.4. The smallest absolute Gasteiger partial charge is 0.255 e. The molecule has 0 bridgehead atoms. The SMILES string of the molecule is Cc1ccc(C)n1-c1ccc(C(=O)Nc2ccc(C(=O)NCCN3CCN(Cc4ccccc4)CC3)cc2)cc1. The molecule has 1 aromatic heterocycles. The topological polar surface area (TPSA) is 69.6 Å². The highest BCUT2D eigenvalue weighted by Gasteiger charge is 2.17. The molecule has 0 aliphatic carbocycles. The van der Waals surface area contributed by atoms with Gasteiger partial charge in [0.05, 0.1) is 0 Å². The number of benzene rings is 3. The fourth-order valence-corrected chi connectivity index (χ4v) is 5.19. The minimum absolute atomic E-state index is 0.105. The van der Waals surface area contributed by atoms with E-state index in [1.807, 2.05) is 24.3 Å². The van der Waals surface area contributed by atoms with Crippen LogP contribution in [0, 0.1) is 13.8 Å². The molecule has 7 heteroatoms. The zero-order chi connectivity index (χ0) is 27.9.